The maximum Gasteiger partial charge on any atom is 0.248 e. The number of carbonyl (C=O) groups excluding carboxylic acids is 1. The Morgan fingerprint density at radius 3 is 2.50 bits per heavy atom. The number of ether oxygens (including phenoxy) is 1. The second-order valence-electron chi connectivity index (χ2n) is 5.87. The Bertz CT molecular complexity index is 969. The Balaban J connectivity index is 1.80. The summed E-state index contributed by atoms with van der Waals surface area (Å²) in [5.41, 5.74) is 14.0. The number of carbonyl (C=O) groups is 1. The van der Waals surface area contributed by atoms with Gasteiger partial charge in [0.2, 0.25) is 11.9 Å². The van der Waals surface area contributed by atoms with Gasteiger partial charge in [0, 0.05) is 24.2 Å². The number of morpholine rings is 1. The summed E-state index contributed by atoms with van der Waals surface area (Å²) in [5, 5.41) is 0. The average molecular weight is 351 g/mol. The number of aromatic nitrogens is 4. The first-order valence-electron chi connectivity index (χ1n) is 8.15. The Labute approximate surface area is 149 Å². The Kier molecular flexibility index (Phi) is 4.05. The molecule has 4 rings (SSSR count). The van der Waals surface area contributed by atoms with Gasteiger partial charge in [0.05, 0.1) is 25.1 Å². The van der Waals surface area contributed by atoms with Crippen LogP contribution in [0, 0.1) is 0 Å². The van der Waals surface area contributed by atoms with E-state index in [0.717, 1.165) is 5.56 Å². The molecule has 1 saturated heterocycles. The fourth-order valence-corrected chi connectivity index (χ4v) is 2.85. The molecular weight excluding hydrogens is 334 g/mol. The number of nitrogen functional groups attached to an aromatic ring is 1. The molecule has 4 N–H and O–H groups in total. The number of hydrogen-bond donors (Lipinski definition) is 2. The van der Waals surface area contributed by atoms with Crippen LogP contribution in [0.25, 0.3) is 22.4 Å². The highest BCUT2D eigenvalue weighted by atomic mass is 16.5. The molecule has 9 nitrogen and oxygen atoms in total. The minimum absolute atomic E-state index is 0.159. The fraction of sp³-hybridized carbons (Fsp3) is 0.235. The summed E-state index contributed by atoms with van der Waals surface area (Å²) in [7, 11) is 0. The normalized spacial score (nSPS) is 14.5. The highest BCUT2D eigenvalue weighted by Crippen LogP contribution is 2.26. The largest absolute Gasteiger partial charge is 0.378 e. The summed E-state index contributed by atoms with van der Waals surface area (Å²) in [5.74, 6) is 0.338. The van der Waals surface area contributed by atoms with E-state index < -0.39 is 5.91 Å². The van der Waals surface area contributed by atoms with E-state index in [4.69, 9.17) is 21.2 Å². The molecule has 1 fully saturated rings. The van der Waals surface area contributed by atoms with Gasteiger partial charge in [-0.2, -0.15) is 9.97 Å². The zero-order valence-corrected chi connectivity index (χ0v) is 13.9. The average Bonchev–Trinajstić information content (AvgIpc) is 2.68. The Morgan fingerprint density at radius 1 is 1.08 bits per heavy atom. The van der Waals surface area contributed by atoms with Crippen molar-refractivity contribution >= 4 is 28.8 Å². The van der Waals surface area contributed by atoms with E-state index in [-0.39, 0.29) is 5.95 Å². The van der Waals surface area contributed by atoms with Crippen molar-refractivity contribution in [1.29, 1.82) is 0 Å². The smallest absolute Gasteiger partial charge is 0.248 e. The van der Waals surface area contributed by atoms with Gasteiger partial charge in [-0.3, -0.25) is 4.79 Å². The third-order valence-corrected chi connectivity index (χ3v) is 4.18. The van der Waals surface area contributed by atoms with Crippen molar-refractivity contribution in [2.24, 2.45) is 5.73 Å². The van der Waals surface area contributed by atoms with E-state index in [1.165, 1.54) is 0 Å². The lowest BCUT2D eigenvalue weighted by molar-refractivity contribution is 0.100. The zero-order chi connectivity index (χ0) is 18.1. The molecule has 26 heavy (non-hydrogen) atoms. The van der Waals surface area contributed by atoms with Gasteiger partial charge in [0.1, 0.15) is 0 Å². The number of fused-ring (bicyclic) bond motifs is 1. The number of primary amides is 1. The molecule has 1 aliphatic rings. The first kappa shape index (κ1) is 16.2. The molecule has 0 aliphatic carbocycles. The van der Waals surface area contributed by atoms with Crippen LogP contribution in [0.15, 0.2) is 30.5 Å². The van der Waals surface area contributed by atoms with Gasteiger partial charge in [-0.15, -0.1) is 0 Å². The molecule has 0 atom stereocenters. The standard InChI is InChI=1S/C17H17N7O2/c18-14(25)11-3-1-10(2-4-11)12-9-20-15-13(21-12)16(23-17(19)22-15)24-5-7-26-8-6-24/h1-4,9H,5-8H2,(H2,18,25)(H2,19,20,22,23). The predicted octanol–water partition coefficient (Wildman–Crippen LogP) is 0.604. The summed E-state index contributed by atoms with van der Waals surface area (Å²) in [6.45, 7) is 2.63. The third kappa shape index (κ3) is 3.00. The van der Waals surface area contributed by atoms with Gasteiger partial charge in [-0.05, 0) is 12.1 Å². The maximum absolute atomic E-state index is 11.2. The lowest BCUT2D eigenvalue weighted by Gasteiger charge is -2.28. The molecule has 3 aromatic rings. The molecule has 1 aliphatic heterocycles. The van der Waals surface area contributed by atoms with Crippen molar-refractivity contribution < 1.29 is 9.53 Å². The second kappa shape index (κ2) is 6.52. The van der Waals surface area contributed by atoms with Crippen LogP contribution in [0.4, 0.5) is 11.8 Å². The van der Waals surface area contributed by atoms with E-state index in [0.29, 0.717) is 54.5 Å². The maximum atomic E-state index is 11.2. The minimum Gasteiger partial charge on any atom is -0.378 e. The summed E-state index contributed by atoms with van der Waals surface area (Å²) in [4.78, 5) is 30.9. The fourth-order valence-electron chi connectivity index (χ4n) is 2.85. The van der Waals surface area contributed by atoms with Crippen molar-refractivity contribution in [2.75, 3.05) is 36.9 Å². The van der Waals surface area contributed by atoms with Crippen molar-refractivity contribution in [3.8, 4) is 11.3 Å². The number of amides is 1. The van der Waals surface area contributed by atoms with Crippen molar-refractivity contribution in [2.45, 2.75) is 0 Å². The summed E-state index contributed by atoms with van der Waals surface area (Å²) >= 11 is 0. The van der Waals surface area contributed by atoms with Gasteiger partial charge in [0.25, 0.3) is 0 Å². The minimum atomic E-state index is -0.473. The zero-order valence-electron chi connectivity index (χ0n) is 13.9. The molecule has 0 saturated carbocycles. The Morgan fingerprint density at radius 2 is 1.81 bits per heavy atom. The molecule has 132 valence electrons. The molecule has 3 heterocycles. The summed E-state index contributed by atoms with van der Waals surface area (Å²) in [6, 6.07) is 6.88. The van der Waals surface area contributed by atoms with Crippen LogP contribution >= 0.6 is 0 Å². The van der Waals surface area contributed by atoms with E-state index >= 15 is 0 Å². The molecule has 2 aromatic heterocycles. The topological polar surface area (TPSA) is 133 Å². The summed E-state index contributed by atoms with van der Waals surface area (Å²) < 4.78 is 5.40. The highest BCUT2D eigenvalue weighted by Gasteiger charge is 2.19. The third-order valence-electron chi connectivity index (χ3n) is 4.18. The molecular formula is C17H17N7O2. The molecule has 0 spiro atoms. The molecule has 9 heteroatoms. The van der Waals surface area contributed by atoms with Crippen LogP contribution in [0.2, 0.25) is 0 Å². The number of nitrogens with two attached hydrogens (primary N) is 2. The lowest BCUT2D eigenvalue weighted by Crippen LogP contribution is -2.37. The van der Waals surface area contributed by atoms with E-state index in [1.807, 2.05) is 0 Å². The quantitative estimate of drug-likeness (QED) is 0.701. The Hall–Kier alpha value is -3.33. The highest BCUT2D eigenvalue weighted by molar-refractivity contribution is 5.93. The summed E-state index contributed by atoms with van der Waals surface area (Å²) in [6.07, 6.45) is 1.62. The van der Waals surface area contributed by atoms with Gasteiger partial charge in [-0.1, -0.05) is 12.1 Å². The number of hydrogen-bond acceptors (Lipinski definition) is 8. The van der Waals surface area contributed by atoms with Gasteiger partial charge in [-0.25, -0.2) is 9.97 Å². The van der Waals surface area contributed by atoms with Crippen molar-refractivity contribution in [3.63, 3.8) is 0 Å². The number of nitrogens with zero attached hydrogens (tertiary/aromatic N) is 5. The van der Waals surface area contributed by atoms with Crippen LogP contribution < -0.4 is 16.4 Å². The molecule has 1 amide bonds. The van der Waals surface area contributed by atoms with Crippen molar-refractivity contribution in [3.05, 3.63) is 36.0 Å². The number of benzene rings is 1. The van der Waals surface area contributed by atoms with E-state index in [9.17, 15) is 4.79 Å². The number of anilines is 2. The lowest BCUT2D eigenvalue weighted by atomic mass is 10.1. The van der Waals surface area contributed by atoms with Gasteiger partial charge >= 0.3 is 0 Å². The molecule has 0 unspecified atom stereocenters. The van der Waals surface area contributed by atoms with E-state index in [1.54, 1.807) is 30.5 Å². The number of rotatable bonds is 3. The van der Waals surface area contributed by atoms with Crippen LogP contribution in [0.5, 0.6) is 0 Å². The van der Waals surface area contributed by atoms with Crippen molar-refractivity contribution in [1.82, 2.24) is 19.9 Å². The van der Waals surface area contributed by atoms with Crippen LogP contribution in [-0.2, 0) is 4.74 Å². The molecule has 0 bridgehead atoms. The van der Waals surface area contributed by atoms with Gasteiger partial charge < -0.3 is 21.1 Å². The monoisotopic (exact) mass is 351 g/mol. The SMILES string of the molecule is NC(=O)c1ccc(-c2cnc3nc(N)nc(N4CCOCC4)c3n2)cc1. The van der Waals surface area contributed by atoms with Crippen LogP contribution in [0.1, 0.15) is 10.4 Å². The second-order valence-corrected chi connectivity index (χ2v) is 5.87. The first-order chi connectivity index (χ1) is 12.6. The first-order valence-corrected chi connectivity index (χ1v) is 8.15. The molecule has 0 radical (unpaired) electrons. The van der Waals surface area contributed by atoms with E-state index in [2.05, 4.69) is 19.9 Å². The van der Waals surface area contributed by atoms with Gasteiger partial charge in [0.15, 0.2) is 17.0 Å². The van der Waals surface area contributed by atoms with Crippen LogP contribution in [-0.4, -0.2) is 52.1 Å². The molecule has 1 aromatic carbocycles. The predicted molar refractivity (Wildman–Crippen MR) is 96.5 cm³/mol. The van der Waals surface area contributed by atoms with Crippen LogP contribution in [0.3, 0.4) is 0 Å².